The van der Waals surface area contributed by atoms with Crippen molar-refractivity contribution in [2.45, 2.75) is 25.4 Å². The van der Waals surface area contributed by atoms with E-state index in [4.69, 9.17) is 27.9 Å². The summed E-state index contributed by atoms with van der Waals surface area (Å²) in [4.78, 5) is 18.6. The fourth-order valence-electron chi connectivity index (χ4n) is 4.51. The second kappa shape index (κ2) is 11.4. The molecule has 0 spiro atoms. The van der Waals surface area contributed by atoms with Crippen LogP contribution in [-0.4, -0.2) is 46.3 Å². The van der Waals surface area contributed by atoms with Gasteiger partial charge in [-0.2, -0.15) is 5.26 Å². The fourth-order valence-corrected chi connectivity index (χ4v) is 4.95. The largest absolute Gasteiger partial charge is 0.452 e. The monoisotopic (exact) mass is 568 g/mol. The lowest BCUT2D eigenvalue weighted by Crippen LogP contribution is -2.30. The van der Waals surface area contributed by atoms with E-state index in [-0.39, 0.29) is 28.2 Å². The van der Waals surface area contributed by atoms with Crippen molar-refractivity contribution in [3.8, 4) is 6.07 Å². The topological polar surface area (TPSA) is 121 Å². The zero-order chi connectivity index (χ0) is 27.5. The molecule has 1 fully saturated rings. The first-order valence-corrected chi connectivity index (χ1v) is 12.8. The summed E-state index contributed by atoms with van der Waals surface area (Å²) in [6.07, 6.45) is 4.46. The Kier molecular flexibility index (Phi) is 7.79. The van der Waals surface area contributed by atoms with Crippen LogP contribution in [0.15, 0.2) is 42.7 Å². The third kappa shape index (κ3) is 5.59. The number of anilines is 3. The predicted octanol–water partition coefficient (Wildman–Crippen LogP) is 5.58. The van der Waals surface area contributed by atoms with Gasteiger partial charge in [0.1, 0.15) is 17.6 Å². The number of aromatic nitrogens is 4. The number of carbonyl (C=O) groups excluding carboxylic acids is 1. The van der Waals surface area contributed by atoms with Crippen LogP contribution in [0.25, 0.3) is 10.9 Å². The van der Waals surface area contributed by atoms with E-state index >= 15 is 0 Å². The van der Waals surface area contributed by atoms with Gasteiger partial charge in [-0.15, -0.1) is 5.10 Å². The minimum Gasteiger partial charge on any atom is -0.452 e. The van der Waals surface area contributed by atoms with Crippen molar-refractivity contribution in [3.63, 3.8) is 0 Å². The van der Waals surface area contributed by atoms with Gasteiger partial charge in [-0.3, -0.25) is 9.88 Å². The SMILES string of the molecule is COC(=O)N(Cc1cn(C2CCNCC2)nn1)c1cc(Cl)c2ncc(C#N)c(Nc3ccc(F)c(Cl)c3)c2c1. The maximum atomic E-state index is 13.7. The van der Waals surface area contributed by atoms with Crippen LogP contribution in [0.2, 0.25) is 10.0 Å². The molecular weight excluding hydrogens is 546 g/mol. The van der Waals surface area contributed by atoms with Crippen molar-refractivity contribution < 1.29 is 13.9 Å². The molecule has 1 saturated heterocycles. The molecule has 1 amide bonds. The highest BCUT2D eigenvalue weighted by Crippen LogP contribution is 2.37. The summed E-state index contributed by atoms with van der Waals surface area (Å²) in [5.41, 5.74) is 2.40. The summed E-state index contributed by atoms with van der Waals surface area (Å²) >= 11 is 12.6. The lowest BCUT2D eigenvalue weighted by atomic mass is 10.1. The Hall–Kier alpha value is -3.98. The molecular formula is C26H23Cl2FN8O2. The van der Waals surface area contributed by atoms with Crippen LogP contribution in [0.1, 0.15) is 30.1 Å². The van der Waals surface area contributed by atoms with Crippen LogP contribution in [0.5, 0.6) is 0 Å². The number of methoxy groups -OCH3 is 1. The Morgan fingerprint density at radius 1 is 1.28 bits per heavy atom. The van der Waals surface area contributed by atoms with E-state index in [9.17, 15) is 14.4 Å². The summed E-state index contributed by atoms with van der Waals surface area (Å²) in [7, 11) is 1.28. The smallest absolute Gasteiger partial charge is 0.414 e. The van der Waals surface area contributed by atoms with Crippen molar-refractivity contribution in [2.24, 2.45) is 0 Å². The Balaban J connectivity index is 1.55. The molecule has 200 valence electrons. The average Bonchev–Trinajstić information content (AvgIpc) is 3.43. The summed E-state index contributed by atoms with van der Waals surface area (Å²) in [6, 6.07) is 9.72. The average molecular weight is 569 g/mol. The highest BCUT2D eigenvalue weighted by Gasteiger charge is 2.23. The van der Waals surface area contributed by atoms with Crippen LogP contribution < -0.4 is 15.5 Å². The van der Waals surface area contributed by atoms with Crippen molar-refractivity contribution >= 4 is 57.3 Å². The number of hydrogen-bond acceptors (Lipinski definition) is 8. The third-order valence-corrected chi connectivity index (χ3v) is 7.06. The van der Waals surface area contributed by atoms with Crippen LogP contribution in [0.4, 0.5) is 26.2 Å². The molecule has 0 aliphatic carbocycles. The van der Waals surface area contributed by atoms with Crippen LogP contribution in [-0.2, 0) is 11.3 Å². The van der Waals surface area contributed by atoms with Gasteiger partial charge in [-0.05, 0) is 56.3 Å². The van der Waals surface area contributed by atoms with Crippen molar-refractivity contribution in [2.75, 3.05) is 30.4 Å². The Bertz CT molecular complexity index is 1580. The summed E-state index contributed by atoms with van der Waals surface area (Å²) in [6.45, 7) is 1.88. The van der Waals surface area contributed by atoms with E-state index in [1.807, 2.05) is 10.9 Å². The number of amides is 1. The number of halogens is 3. The number of nitrogens with one attached hydrogen (secondary N) is 2. The molecule has 3 heterocycles. The van der Waals surface area contributed by atoms with Crippen molar-refractivity contribution in [3.05, 3.63) is 69.8 Å². The normalized spacial score (nSPS) is 13.7. The Morgan fingerprint density at radius 2 is 2.08 bits per heavy atom. The zero-order valence-electron chi connectivity index (χ0n) is 20.8. The van der Waals surface area contributed by atoms with E-state index in [1.165, 1.54) is 36.4 Å². The van der Waals surface area contributed by atoms with Gasteiger partial charge in [0.25, 0.3) is 0 Å². The zero-order valence-corrected chi connectivity index (χ0v) is 22.3. The number of ether oxygens (including phenoxy) is 1. The van der Waals surface area contributed by atoms with Crippen molar-refractivity contribution in [1.82, 2.24) is 25.3 Å². The first-order chi connectivity index (χ1) is 18.9. The number of pyridine rings is 1. The van der Waals surface area contributed by atoms with Gasteiger partial charge in [0.15, 0.2) is 0 Å². The lowest BCUT2D eigenvalue weighted by Gasteiger charge is -2.23. The highest BCUT2D eigenvalue weighted by atomic mass is 35.5. The Labute approximate surface area is 233 Å². The molecule has 13 heteroatoms. The van der Waals surface area contributed by atoms with Crippen LogP contribution >= 0.6 is 23.2 Å². The second-order valence-corrected chi connectivity index (χ2v) is 9.78. The number of nitrogens with zero attached hydrogens (tertiary/aromatic N) is 6. The number of benzene rings is 2. The molecule has 1 aliphatic rings. The first-order valence-electron chi connectivity index (χ1n) is 12.1. The molecule has 39 heavy (non-hydrogen) atoms. The molecule has 0 unspecified atom stereocenters. The number of fused-ring (bicyclic) bond motifs is 1. The maximum Gasteiger partial charge on any atom is 0.414 e. The van der Waals surface area contributed by atoms with E-state index in [1.54, 1.807) is 12.1 Å². The lowest BCUT2D eigenvalue weighted by molar-refractivity contribution is 0.178. The van der Waals surface area contributed by atoms with Gasteiger partial charge in [-0.1, -0.05) is 28.4 Å². The molecule has 4 aromatic rings. The maximum absolute atomic E-state index is 13.7. The molecule has 0 atom stereocenters. The molecule has 2 N–H and O–H groups in total. The Morgan fingerprint density at radius 3 is 2.79 bits per heavy atom. The van der Waals surface area contributed by atoms with Gasteiger partial charge in [-0.25, -0.2) is 13.9 Å². The first kappa shape index (κ1) is 26.6. The molecule has 0 radical (unpaired) electrons. The van der Waals surface area contributed by atoms with Gasteiger partial charge in [0.2, 0.25) is 0 Å². The number of carbonyl (C=O) groups is 1. The standard InChI is InChI=1S/C26H23Cl2FN8O2/c1-39-26(38)36(13-17-14-37(35-34-17)18-4-6-31-7-5-18)19-9-20-24(33-16-2-3-23(29)21(27)8-16)15(11-30)12-32-25(20)22(28)10-19/h2-3,8-10,12,14,18,31H,4-7,13H2,1H3,(H,32,33). The van der Waals surface area contributed by atoms with E-state index in [0.29, 0.717) is 33.7 Å². The number of nitriles is 1. The van der Waals surface area contributed by atoms with Crippen molar-refractivity contribution in [1.29, 1.82) is 5.26 Å². The van der Waals surface area contributed by atoms with Gasteiger partial charge >= 0.3 is 6.09 Å². The second-order valence-electron chi connectivity index (χ2n) is 8.96. The molecule has 0 bridgehead atoms. The fraction of sp³-hybridized carbons (Fsp3) is 0.269. The molecule has 10 nitrogen and oxygen atoms in total. The molecule has 1 aliphatic heterocycles. The van der Waals surface area contributed by atoms with Crippen LogP contribution in [0, 0.1) is 17.1 Å². The molecule has 5 rings (SSSR count). The van der Waals surface area contributed by atoms with E-state index < -0.39 is 11.9 Å². The molecule has 2 aromatic carbocycles. The summed E-state index contributed by atoms with van der Waals surface area (Å²) < 4.78 is 20.6. The van der Waals surface area contributed by atoms with E-state index in [2.05, 4.69) is 32.0 Å². The third-order valence-electron chi connectivity index (χ3n) is 6.49. The summed E-state index contributed by atoms with van der Waals surface area (Å²) in [5, 5.41) is 25.4. The molecule has 0 saturated carbocycles. The van der Waals surface area contributed by atoms with Gasteiger partial charge < -0.3 is 15.4 Å². The number of hydrogen-bond donors (Lipinski definition) is 2. The number of piperidine rings is 1. The minimum absolute atomic E-state index is 0.0706. The highest BCUT2D eigenvalue weighted by molar-refractivity contribution is 6.36. The van der Waals surface area contributed by atoms with Gasteiger partial charge in [0.05, 0.1) is 52.7 Å². The predicted molar refractivity (Wildman–Crippen MR) is 146 cm³/mol. The minimum atomic E-state index is -0.633. The quantitative estimate of drug-likeness (QED) is 0.309. The molecule has 2 aromatic heterocycles. The van der Waals surface area contributed by atoms with Crippen LogP contribution in [0.3, 0.4) is 0 Å². The van der Waals surface area contributed by atoms with Gasteiger partial charge in [0, 0.05) is 23.0 Å². The van der Waals surface area contributed by atoms with E-state index in [0.717, 1.165) is 25.9 Å². The summed E-state index contributed by atoms with van der Waals surface area (Å²) in [5.74, 6) is -0.571. The number of rotatable bonds is 6.